The van der Waals surface area contributed by atoms with Gasteiger partial charge in [0.1, 0.15) is 0 Å². The summed E-state index contributed by atoms with van der Waals surface area (Å²) in [4.78, 5) is 14.9. The molecule has 0 radical (unpaired) electrons. The zero-order valence-electron chi connectivity index (χ0n) is 11.6. The SMILES string of the molecule is CC1CCN(Cc2ccccc2)CC1N(C)C(=O)O. The van der Waals surface area contributed by atoms with Gasteiger partial charge >= 0.3 is 6.09 Å². The normalized spacial score (nSPS) is 24.1. The van der Waals surface area contributed by atoms with Gasteiger partial charge in [0, 0.05) is 20.1 Å². The van der Waals surface area contributed by atoms with E-state index in [1.807, 2.05) is 18.2 Å². The van der Waals surface area contributed by atoms with E-state index < -0.39 is 6.09 Å². The fourth-order valence-electron chi connectivity index (χ4n) is 2.75. The largest absolute Gasteiger partial charge is 0.465 e. The highest BCUT2D eigenvalue weighted by atomic mass is 16.4. The molecule has 0 aromatic heterocycles. The number of amides is 1. The number of carboxylic acid groups (broad SMARTS) is 1. The Morgan fingerprint density at radius 3 is 2.74 bits per heavy atom. The zero-order chi connectivity index (χ0) is 13.8. The second-order valence-corrected chi connectivity index (χ2v) is 5.45. The average molecular weight is 262 g/mol. The van der Waals surface area contributed by atoms with Crippen molar-refractivity contribution in [1.82, 2.24) is 9.80 Å². The number of likely N-dealkylation sites (tertiary alicyclic amines) is 1. The van der Waals surface area contributed by atoms with Crippen molar-refractivity contribution in [3.8, 4) is 0 Å². The molecule has 0 saturated carbocycles. The minimum atomic E-state index is -0.835. The minimum Gasteiger partial charge on any atom is -0.465 e. The van der Waals surface area contributed by atoms with Gasteiger partial charge < -0.3 is 10.0 Å². The van der Waals surface area contributed by atoms with Crippen molar-refractivity contribution >= 4 is 6.09 Å². The first-order valence-electron chi connectivity index (χ1n) is 6.80. The van der Waals surface area contributed by atoms with Gasteiger partial charge in [0.05, 0.1) is 6.04 Å². The van der Waals surface area contributed by atoms with E-state index in [4.69, 9.17) is 5.11 Å². The van der Waals surface area contributed by atoms with Crippen LogP contribution in [0.25, 0.3) is 0 Å². The molecule has 1 aromatic carbocycles. The molecule has 1 aromatic rings. The average Bonchev–Trinajstić information content (AvgIpc) is 2.41. The summed E-state index contributed by atoms with van der Waals surface area (Å²) < 4.78 is 0. The van der Waals surface area contributed by atoms with E-state index in [0.29, 0.717) is 5.92 Å². The van der Waals surface area contributed by atoms with E-state index in [-0.39, 0.29) is 6.04 Å². The first kappa shape index (κ1) is 13.9. The molecule has 4 heteroatoms. The number of hydrogen-bond acceptors (Lipinski definition) is 2. The number of likely N-dealkylation sites (N-methyl/N-ethyl adjacent to an activating group) is 1. The van der Waals surface area contributed by atoms with Crippen molar-refractivity contribution in [1.29, 1.82) is 0 Å². The Hall–Kier alpha value is -1.55. The third-order valence-corrected chi connectivity index (χ3v) is 4.05. The molecule has 0 spiro atoms. The highest BCUT2D eigenvalue weighted by molar-refractivity contribution is 5.65. The summed E-state index contributed by atoms with van der Waals surface area (Å²) in [7, 11) is 1.68. The summed E-state index contributed by atoms with van der Waals surface area (Å²) in [6, 6.07) is 10.4. The molecule has 1 N–H and O–H groups in total. The van der Waals surface area contributed by atoms with Crippen LogP contribution < -0.4 is 0 Å². The Bertz CT molecular complexity index is 421. The number of rotatable bonds is 3. The monoisotopic (exact) mass is 262 g/mol. The fourth-order valence-corrected chi connectivity index (χ4v) is 2.75. The summed E-state index contributed by atoms with van der Waals surface area (Å²) in [6.45, 7) is 4.90. The molecular formula is C15H22N2O2. The van der Waals surface area contributed by atoms with Gasteiger partial charge in [-0.05, 0) is 24.4 Å². The summed E-state index contributed by atoms with van der Waals surface area (Å²) in [6.07, 6.45) is 0.216. The van der Waals surface area contributed by atoms with Crippen molar-refractivity contribution < 1.29 is 9.90 Å². The highest BCUT2D eigenvalue weighted by Crippen LogP contribution is 2.22. The van der Waals surface area contributed by atoms with Crippen molar-refractivity contribution in [2.24, 2.45) is 5.92 Å². The zero-order valence-corrected chi connectivity index (χ0v) is 11.6. The standard InChI is InChI=1S/C15H22N2O2/c1-12-8-9-17(10-13-6-4-3-5-7-13)11-14(12)16(2)15(18)19/h3-7,12,14H,8-11H2,1-2H3,(H,18,19). The first-order chi connectivity index (χ1) is 9.08. The van der Waals surface area contributed by atoms with Gasteiger partial charge in [-0.3, -0.25) is 4.90 Å². The van der Waals surface area contributed by atoms with Crippen LogP contribution in [0.15, 0.2) is 30.3 Å². The quantitative estimate of drug-likeness (QED) is 0.910. The molecule has 4 nitrogen and oxygen atoms in total. The third-order valence-electron chi connectivity index (χ3n) is 4.05. The second kappa shape index (κ2) is 6.06. The molecule has 1 fully saturated rings. The first-order valence-corrected chi connectivity index (χ1v) is 6.80. The van der Waals surface area contributed by atoms with Crippen LogP contribution in [0, 0.1) is 5.92 Å². The lowest BCUT2D eigenvalue weighted by atomic mass is 9.92. The number of hydrogen-bond donors (Lipinski definition) is 1. The lowest BCUT2D eigenvalue weighted by Gasteiger charge is -2.40. The van der Waals surface area contributed by atoms with Crippen molar-refractivity contribution in [3.05, 3.63) is 35.9 Å². The summed E-state index contributed by atoms with van der Waals surface area (Å²) >= 11 is 0. The Kier molecular flexibility index (Phi) is 4.43. The van der Waals surface area contributed by atoms with E-state index in [1.165, 1.54) is 10.5 Å². The van der Waals surface area contributed by atoms with E-state index in [1.54, 1.807) is 7.05 Å². The van der Waals surface area contributed by atoms with Gasteiger partial charge in [-0.25, -0.2) is 4.79 Å². The van der Waals surface area contributed by atoms with Crippen LogP contribution in [-0.4, -0.2) is 47.2 Å². The van der Waals surface area contributed by atoms with Crippen LogP contribution in [0.4, 0.5) is 4.79 Å². The van der Waals surface area contributed by atoms with Crippen LogP contribution in [0.3, 0.4) is 0 Å². The molecular weight excluding hydrogens is 240 g/mol. The van der Waals surface area contributed by atoms with Crippen LogP contribution >= 0.6 is 0 Å². The maximum absolute atomic E-state index is 11.1. The lowest BCUT2D eigenvalue weighted by molar-refractivity contribution is 0.0666. The number of carbonyl (C=O) groups is 1. The van der Waals surface area contributed by atoms with Crippen molar-refractivity contribution in [2.75, 3.05) is 20.1 Å². The number of piperidine rings is 1. The maximum atomic E-state index is 11.1. The molecule has 104 valence electrons. The van der Waals surface area contributed by atoms with E-state index in [2.05, 4.69) is 24.0 Å². The van der Waals surface area contributed by atoms with E-state index in [0.717, 1.165) is 26.1 Å². The predicted molar refractivity (Wildman–Crippen MR) is 75.1 cm³/mol. The number of nitrogens with zero attached hydrogens (tertiary/aromatic N) is 2. The van der Waals surface area contributed by atoms with Crippen LogP contribution in [0.1, 0.15) is 18.9 Å². The topological polar surface area (TPSA) is 43.8 Å². The van der Waals surface area contributed by atoms with Crippen molar-refractivity contribution in [2.45, 2.75) is 25.9 Å². The summed E-state index contributed by atoms with van der Waals surface area (Å²) in [5.74, 6) is 0.424. The summed E-state index contributed by atoms with van der Waals surface area (Å²) in [5.41, 5.74) is 1.29. The molecule has 19 heavy (non-hydrogen) atoms. The van der Waals surface area contributed by atoms with Gasteiger partial charge in [-0.15, -0.1) is 0 Å². The molecule has 1 aliphatic heterocycles. The van der Waals surface area contributed by atoms with Gasteiger partial charge in [-0.2, -0.15) is 0 Å². The molecule has 2 unspecified atom stereocenters. The fraction of sp³-hybridized carbons (Fsp3) is 0.533. The van der Waals surface area contributed by atoms with E-state index in [9.17, 15) is 4.79 Å². The molecule has 0 bridgehead atoms. The van der Waals surface area contributed by atoms with Crippen LogP contribution in [-0.2, 0) is 6.54 Å². The molecule has 2 atom stereocenters. The Balaban J connectivity index is 1.99. The second-order valence-electron chi connectivity index (χ2n) is 5.45. The van der Waals surface area contributed by atoms with Gasteiger partial charge in [0.2, 0.25) is 0 Å². The Morgan fingerprint density at radius 2 is 2.11 bits per heavy atom. The molecule has 1 heterocycles. The summed E-state index contributed by atoms with van der Waals surface area (Å²) in [5, 5.41) is 9.14. The maximum Gasteiger partial charge on any atom is 0.407 e. The van der Waals surface area contributed by atoms with E-state index >= 15 is 0 Å². The van der Waals surface area contributed by atoms with Gasteiger partial charge in [0.15, 0.2) is 0 Å². The molecule has 2 rings (SSSR count). The Labute approximate surface area is 114 Å². The smallest absolute Gasteiger partial charge is 0.407 e. The lowest BCUT2D eigenvalue weighted by Crippen LogP contribution is -2.51. The predicted octanol–water partition coefficient (Wildman–Crippen LogP) is 2.51. The molecule has 0 aliphatic carbocycles. The third kappa shape index (κ3) is 3.47. The highest BCUT2D eigenvalue weighted by Gasteiger charge is 2.31. The minimum absolute atomic E-state index is 0.0926. The van der Waals surface area contributed by atoms with Crippen LogP contribution in [0.2, 0.25) is 0 Å². The Morgan fingerprint density at radius 1 is 1.42 bits per heavy atom. The van der Waals surface area contributed by atoms with Gasteiger partial charge in [0.25, 0.3) is 0 Å². The molecule has 1 aliphatic rings. The van der Waals surface area contributed by atoms with Crippen LogP contribution in [0.5, 0.6) is 0 Å². The molecule has 1 saturated heterocycles. The van der Waals surface area contributed by atoms with Crippen molar-refractivity contribution in [3.63, 3.8) is 0 Å². The van der Waals surface area contributed by atoms with Gasteiger partial charge in [-0.1, -0.05) is 37.3 Å². The number of benzene rings is 1. The molecule has 1 amide bonds.